The average Bonchev–Trinajstić information content (AvgIpc) is 2.25. The van der Waals surface area contributed by atoms with Gasteiger partial charge in [0.05, 0.1) is 12.7 Å². The Kier molecular flexibility index (Phi) is 3.96. The van der Waals surface area contributed by atoms with Crippen LogP contribution >= 0.6 is 11.6 Å². The topological polar surface area (TPSA) is 26.3 Å². The average molecular weight is 221 g/mol. The zero-order valence-electron chi connectivity index (χ0n) is 8.16. The Labute approximate surface area is 93.5 Å². The first-order valence-electron chi connectivity index (χ1n) is 4.19. The molecule has 0 saturated carbocycles. The predicted octanol–water partition coefficient (Wildman–Crippen LogP) is 2.53. The summed E-state index contributed by atoms with van der Waals surface area (Å²) < 4.78 is 4.61. The molecule has 76 valence electrons. The lowest BCUT2D eigenvalue weighted by molar-refractivity contribution is -0.133. The van der Waals surface area contributed by atoms with Crippen molar-refractivity contribution >= 4 is 23.1 Å². The lowest BCUT2D eigenvalue weighted by Crippen LogP contribution is -2.03. The van der Waals surface area contributed by atoms with Crippen LogP contribution in [0.4, 0.5) is 0 Å². The smallest absolute Gasteiger partial charge is 0.339 e. The maximum Gasteiger partial charge on any atom is 0.339 e. The number of carbonyl (C=O) groups is 1. The second-order valence-corrected chi connectivity index (χ2v) is 3.16. The molecule has 15 heavy (non-hydrogen) atoms. The minimum Gasteiger partial charge on any atom is -0.465 e. The molecule has 0 unspecified atom stereocenters. The number of hydrogen-bond acceptors (Lipinski definition) is 2. The van der Waals surface area contributed by atoms with Gasteiger partial charge in [-0.1, -0.05) is 29.7 Å². The van der Waals surface area contributed by atoms with E-state index < -0.39 is 5.97 Å². The van der Waals surface area contributed by atoms with Crippen LogP contribution in [-0.2, 0) is 9.53 Å². The molecule has 0 atom stereocenters. The summed E-state index contributed by atoms with van der Waals surface area (Å²) >= 11 is 5.81. The quantitative estimate of drug-likeness (QED) is 0.435. The van der Waals surface area contributed by atoms with Gasteiger partial charge in [-0.3, -0.25) is 0 Å². The molecular formula is C12H9ClO2. The summed E-state index contributed by atoms with van der Waals surface area (Å²) in [6.45, 7) is 0. The van der Waals surface area contributed by atoms with Gasteiger partial charge in [0.15, 0.2) is 0 Å². The van der Waals surface area contributed by atoms with Crippen LogP contribution in [-0.4, -0.2) is 13.1 Å². The first-order valence-corrected chi connectivity index (χ1v) is 4.57. The lowest BCUT2D eigenvalue weighted by atomic mass is 10.1. The number of halogens is 1. The number of carbonyl (C=O) groups excluding carboxylic acids is 1. The number of ether oxygens (including phenoxy) is 1. The van der Waals surface area contributed by atoms with Gasteiger partial charge in [0.2, 0.25) is 0 Å². The van der Waals surface area contributed by atoms with Crippen molar-refractivity contribution in [2.24, 2.45) is 0 Å². The molecule has 0 radical (unpaired) electrons. The van der Waals surface area contributed by atoms with Crippen molar-refractivity contribution in [1.82, 2.24) is 0 Å². The van der Waals surface area contributed by atoms with Crippen LogP contribution in [0, 0.1) is 12.3 Å². The molecule has 0 amide bonds. The molecule has 0 fully saturated rings. The highest BCUT2D eigenvalue weighted by atomic mass is 35.5. The van der Waals surface area contributed by atoms with Crippen LogP contribution < -0.4 is 0 Å². The molecule has 0 spiro atoms. The molecule has 1 aromatic rings. The summed E-state index contributed by atoms with van der Waals surface area (Å²) in [4.78, 5) is 11.4. The van der Waals surface area contributed by atoms with Crippen molar-refractivity contribution in [2.75, 3.05) is 7.11 Å². The van der Waals surface area contributed by atoms with E-state index in [-0.39, 0.29) is 0 Å². The second kappa shape index (κ2) is 5.23. The van der Waals surface area contributed by atoms with Crippen LogP contribution in [0.5, 0.6) is 0 Å². The summed E-state index contributed by atoms with van der Waals surface area (Å²) in [5.41, 5.74) is 0.967. The van der Waals surface area contributed by atoms with E-state index in [1.807, 2.05) is 0 Å². The fourth-order valence-electron chi connectivity index (χ4n) is 1.11. The Morgan fingerprint density at radius 1 is 1.60 bits per heavy atom. The number of esters is 1. The zero-order valence-corrected chi connectivity index (χ0v) is 8.91. The van der Waals surface area contributed by atoms with Gasteiger partial charge in [0.25, 0.3) is 0 Å². The Morgan fingerprint density at radius 2 is 2.33 bits per heavy atom. The molecule has 3 heteroatoms. The maximum atomic E-state index is 11.4. The van der Waals surface area contributed by atoms with Crippen molar-refractivity contribution in [3.63, 3.8) is 0 Å². The summed E-state index contributed by atoms with van der Waals surface area (Å²) in [6.07, 6.45) is 6.49. The molecule has 0 aliphatic heterocycles. The Bertz CT molecular complexity index is 441. The van der Waals surface area contributed by atoms with Crippen LogP contribution in [0.1, 0.15) is 5.56 Å². The highest BCUT2D eigenvalue weighted by Gasteiger charge is 2.11. The second-order valence-electron chi connectivity index (χ2n) is 2.73. The number of rotatable bonds is 2. The van der Waals surface area contributed by atoms with Crippen LogP contribution in [0.15, 0.2) is 30.3 Å². The highest BCUT2D eigenvalue weighted by Crippen LogP contribution is 2.19. The lowest BCUT2D eigenvalue weighted by Gasteiger charge is -2.04. The van der Waals surface area contributed by atoms with E-state index >= 15 is 0 Å². The highest BCUT2D eigenvalue weighted by molar-refractivity contribution is 6.31. The third kappa shape index (κ3) is 2.87. The van der Waals surface area contributed by atoms with Gasteiger partial charge in [0, 0.05) is 11.1 Å². The molecule has 0 bridgehead atoms. The molecule has 0 N–H and O–H groups in total. The predicted molar refractivity (Wildman–Crippen MR) is 60.3 cm³/mol. The Hall–Kier alpha value is -1.72. The summed E-state index contributed by atoms with van der Waals surface area (Å²) in [6, 6.07) is 6.86. The summed E-state index contributed by atoms with van der Waals surface area (Å²) in [7, 11) is 1.30. The van der Waals surface area contributed by atoms with Gasteiger partial charge in [-0.15, -0.1) is 6.42 Å². The van der Waals surface area contributed by atoms with Gasteiger partial charge in [0.1, 0.15) is 0 Å². The van der Waals surface area contributed by atoms with Gasteiger partial charge in [-0.25, -0.2) is 4.79 Å². The fraction of sp³-hybridized carbons (Fsp3) is 0.0833. The van der Waals surface area contributed by atoms with Crippen molar-refractivity contribution in [3.8, 4) is 12.3 Å². The molecule has 0 heterocycles. The van der Waals surface area contributed by atoms with Crippen molar-refractivity contribution < 1.29 is 9.53 Å². The van der Waals surface area contributed by atoms with Crippen molar-refractivity contribution in [2.45, 2.75) is 0 Å². The number of allylic oxidation sites excluding steroid dienone is 1. The fourth-order valence-corrected chi connectivity index (χ4v) is 1.30. The van der Waals surface area contributed by atoms with E-state index in [1.165, 1.54) is 13.2 Å². The molecule has 0 aromatic heterocycles. The van der Waals surface area contributed by atoms with E-state index in [2.05, 4.69) is 10.7 Å². The largest absolute Gasteiger partial charge is 0.465 e. The van der Waals surface area contributed by atoms with Gasteiger partial charge >= 0.3 is 5.97 Å². The minimum atomic E-state index is -0.477. The number of terminal acetylenes is 1. The van der Waals surface area contributed by atoms with Crippen molar-refractivity contribution in [3.05, 3.63) is 40.9 Å². The summed E-state index contributed by atoms with van der Waals surface area (Å²) in [5.74, 6) is 1.82. The molecule has 0 aliphatic carbocycles. The normalized spacial score (nSPS) is 10.6. The minimum absolute atomic E-state index is 0.322. The van der Waals surface area contributed by atoms with Gasteiger partial charge in [-0.2, -0.15) is 0 Å². The van der Waals surface area contributed by atoms with Gasteiger partial charge < -0.3 is 4.74 Å². The van der Waals surface area contributed by atoms with Crippen LogP contribution in [0.3, 0.4) is 0 Å². The van der Waals surface area contributed by atoms with Gasteiger partial charge in [-0.05, 0) is 17.7 Å². The molecule has 1 aromatic carbocycles. The van der Waals surface area contributed by atoms with E-state index in [0.717, 1.165) is 0 Å². The molecule has 1 rings (SSSR count). The van der Waals surface area contributed by atoms with E-state index in [1.54, 1.807) is 24.3 Å². The molecule has 0 saturated heterocycles. The third-order valence-corrected chi connectivity index (χ3v) is 2.00. The molecule has 0 aliphatic rings. The van der Waals surface area contributed by atoms with E-state index in [9.17, 15) is 4.79 Å². The van der Waals surface area contributed by atoms with Crippen molar-refractivity contribution in [1.29, 1.82) is 0 Å². The molecule has 2 nitrogen and oxygen atoms in total. The first kappa shape index (κ1) is 11.4. The van der Waals surface area contributed by atoms with E-state index in [0.29, 0.717) is 16.2 Å². The Morgan fingerprint density at radius 3 is 2.87 bits per heavy atom. The molecular weight excluding hydrogens is 212 g/mol. The van der Waals surface area contributed by atoms with Crippen LogP contribution in [0.25, 0.3) is 5.57 Å². The van der Waals surface area contributed by atoms with E-state index in [4.69, 9.17) is 18.0 Å². The SMILES string of the molecule is C#CC=C(C(=O)OC)c1cccc(Cl)c1. The Balaban J connectivity index is 3.18. The number of benzene rings is 1. The maximum absolute atomic E-state index is 11.4. The third-order valence-electron chi connectivity index (χ3n) is 1.77. The zero-order chi connectivity index (χ0) is 11.3. The summed E-state index contributed by atoms with van der Waals surface area (Å²) in [5, 5.41) is 0.541. The standard InChI is InChI=1S/C12H9ClO2/c1-3-5-11(12(14)15-2)9-6-4-7-10(13)8-9/h1,4-8H,2H3. The number of methoxy groups -OCH3 is 1. The first-order chi connectivity index (χ1) is 7.19. The monoisotopic (exact) mass is 220 g/mol. The number of hydrogen-bond donors (Lipinski definition) is 0. The van der Waals surface area contributed by atoms with Crippen LogP contribution in [0.2, 0.25) is 5.02 Å².